The van der Waals surface area contributed by atoms with Crippen LogP contribution < -0.4 is 5.32 Å². The van der Waals surface area contributed by atoms with Crippen LogP contribution in [-0.4, -0.2) is 62.7 Å². The molecule has 6 nitrogen and oxygen atoms in total. The van der Waals surface area contributed by atoms with Crippen molar-refractivity contribution in [1.29, 1.82) is 0 Å². The zero-order chi connectivity index (χ0) is 23.8. The van der Waals surface area contributed by atoms with E-state index in [0.717, 1.165) is 25.9 Å². The summed E-state index contributed by atoms with van der Waals surface area (Å²) in [5, 5.41) is 3.31. The van der Waals surface area contributed by atoms with Crippen LogP contribution in [0.4, 0.5) is 0 Å². The molecule has 0 aromatic heterocycles. The van der Waals surface area contributed by atoms with Gasteiger partial charge in [-0.15, -0.1) is 0 Å². The summed E-state index contributed by atoms with van der Waals surface area (Å²) in [5.41, 5.74) is 1.64. The minimum absolute atomic E-state index is 0.106. The van der Waals surface area contributed by atoms with E-state index in [2.05, 4.69) is 43.1 Å². The van der Waals surface area contributed by atoms with Crippen LogP contribution in [0, 0.1) is 5.92 Å². The highest BCUT2D eigenvalue weighted by molar-refractivity contribution is 7.89. The van der Waals surface area contributed by atoms with Crippen LogP contribution in [0.25, 0.3) is 0 Å². The third-order valence-corrected chi connectivity index (χ3v) is 8.49. The van der Waals surface area contributed by atoms with Gasteiger partial charge in [-0.1, -0.05) is 63.2 Å². The Morgan fingerprint density at radius 2 is 1.73 bits per heavy atom. The van der Waals surface area contributed by atoms with Crippen molar-refractivity contribution in [2.45, 2.75) is 44.6 Å². The number of nitrogens with one attached hydrogen (secondary N) is 1. The number of likely N-dealkylation sites (N-methyl/N-ethyl adjacent to an activating group) is 1. The first-order valence-electron chi connectivity index (χ1n) is 12.0. The third kappa shape index (κ3) is 6.51. The lowest BCUT2D eigenvalue weighted by atomic mass is 10.0. The predicted molar refractivity (Wildman–Crippen MR) is 133 cm³/mol. The second-order valence-corrected chi connectivity index (χ2v) is 10.8. The lowest BCUT2D eigenvalue weighted by molar-refractivity contribution is 0.0986. The maximum atomic E-state index is 13.1. The molecule has 1 N–H and O–H groups in total. The molecule has 3 rings (SSSR count). The normalized spacial score (nSPS) is 16.7. The summed E-state index contributed by atoms with van der Waals surface area (Å²) in [4.78, 5) is 15.4. The Labute approximate surface area is 199 Å². The van der Waals surface area contributed by atoms with Crippen molar-refractivity contribution in [3.05, 3.63) is 65.7 Å². The molecule has 0 saturated carbocycles. The molecule has 0 aliphatic carbocycles. The third-order valence-electron chi connectivity index (χ3n) is 6.60. The van der Waals surface area contributed by atoms with Crippen LogP contribution in [0.15, 0.2) is 59.5 Å². The molecule has 1 unspecified atom stereocenters. The van der Waals surface area contributed by atoms with Gasteiger partial charge in [0, 0.05) is 31.2 Å². The van der Waals surface area contributed by atoms with Crippen molar-refractivity contribution >= 4 is 15.8 Å². The second kappa shape index (κ2) is 11.9. The molecule has 1 atom stereocenters. The van der Waals surface area contributed by atoms with E-state index in [1.54, 1.807) is 22.5 Å². The summed E-state index contributed by atoms with van der Waals surface area (Å²) in [6.45, 7) is 10.1. The van der Waals surface area contributed by atoms with Crippen LogP contribution >= 0.6 is 0 Å². The number of Topliss-reactive ketones (excluding diaryl/α,β-unsaturated/α-hetero) is 1. The Hall–Kier alpha value is -2.06. The van der Waals surface area contributed by atoms with E-state index >= 15 is 0 Å². The van der Waals surface area contributed by atoms with E-state index < -0.39 is 10.0 Å². The van der Waals surface area contributed by atoms with Gasteiger partial charge in [-0.3, -0.25) is 9.69 Å². The van der Waals surface area contributed by atoms with Gasteiger partial charge in [-0.25, -0.2) is 8.42 Å². The Morgan fingerprint density at radius 3 is 2.36 bits per heavy atom. The number of ketones is 1. The SMILES string of the molecule is CCN(CC)C(CNCC(=O)c1cccc(S(=O)(=O)N2CCC(C)CC2)c1)c1ccccc1. The number of hydrogen-bond acceptors (Lipinski definition) is 5. The molecule has 0 amide bonds. The molecule has 180 valence electrons. The molecule has 33 heavy (non-hydrogen) atoms. The number of nitrogens with zero attached hydrogens (tertiary/aromatic N) is 2. The topological polar surface area (TPSA) is 69.7 Å². The van der Waals surface area contributed by atoms with Gasteiger partial charge in [0.05, 0.1) is 11.4 Å². The van der Waals surface area contributed by atoms with Gasteiger partial charge >= 0.3 is 0 Å². The number of hydrogen-bond donors (Lipinski definition) is 1. The first-order chi connectivity index (χ1) is 15.9. The van der Waals surface area contributed by atoms with E-state index in [4.69, 9.17) is 0 Å². The molecule has 7 heteroatoms. The number of carbonyl (C=O) groups is 1. The maximum Gasteiger partial charge on any atom is 0.243 e. The molecular weight excluding hydrogens is 434 g/mol. The lowest BCUT2D eigenvalue weighted by Crippen LogP contribution is -2.38. The van der Waals surface area contributed by atoms with E-state index in [1.807, 2.05) is 18.2 Å². The highest BCUT2D eigenvalue weighted by Crippen LogP contribution is 2.24. The maximum absolute atomic E-state index is 13.1. The fourth-order valence-electron chi connectivity index (χ4n) is 4.43. The first kappa shape index (κ1) is 25.6. The Kier molecular flexibility index (Phi) is 9.20. The van der Waals surface area contributed by atoms with Gasteiger partial charge in [0.1, 0.15) is 0 Å². The Bertz CT molecular complexity index is 998. The molecule has 1 heterocycles. The largest absolute Gasteiger partial charge is 0.308 e. The van der Waals surface area contributed by atoms with Crippen molar-refractivity contribution in [3.8, 4) is 0 Å². The predicted octanol–water partition coefficient (Wildman–Crippen LogP) is 3.96. The minimum Gasteiger partial charge on any atom is -0.308 e. The zero-order valence-corrected chi connectivity index (χ0v) is 20.9. The van der Waals surface area contributed by atoms with E-state index in [-0.39, 0.29) is 23.3 Å². The Balaban J connectivity index is 1.66. The van der Waals surface area contributed by atoms with Crippen molar-refractivity contribution in [3.63, 3.8) is 0 Å². The van der Waals surface area contributed by atoms with Crippen LogP contribution in [0.2, 0.25) is 0 Å². The highest BCUT2D eigenvalue weighted by Gasteiger charge is 2.28. The number of piperidine rings is 1. The molecule has 1 aliphatic heterocycles. The van der Waals surface area contributed by atoms with E-state index in [0.29, 0.717) is 31.1 Å². The van der Waals surface area contributed by atoms with Crippen molar-refractivity contribution < 1.29 is 13.2 Å². The molecule has 2 aromatic carbocycles. The summed E-state index contributed by atoms with van der Waals surface area (Å²) in [7, 11) is -3.58. The molecule has 1 fully saturated rings. The van der Waals surface area contributed by atoms with Crippen molar-refractivity contribution in [2.75, 3.05) is 39.3 Å². The summed E-state index contributed by atoms with van der Waals surface area (Å²) < 4.78 is 27.7. The van der Waals surface area contributed by atoms with Crippen LogP contribution in [0.1, 0.15) is 55.6 Å². The molecule has 0 bridgehead atoms. The Morgan fingerprint density at radius 1 is 1.06 bits per heavy atom. The molecule has 0 spiro atoms. The van der Waals surface area contributed by atoms with Crippen molar-refractivity contribution in [2.24, 2.45) is 5.92 Å². The number of sulfonamides is 1. The van der Waals surface area contributed by atoms with Gasteiger partial charge in [-0.05, 0) is 49.5 Å². The molecule has 2 aromatic rings. The second-order valence-electron chi connectivity index (χ2n) is 8.82. The van der Waals surface area contributed by atoms with Crippen LogP contribution in [-0.2, 0) is 10.0 Å². The first-order valence-corrected chi connectivity index (χ1v) is 13.4. The molecule has 1 saturated heterocycles. The van der Waals surface area contributed by atoms with Gasteiger partial charge < -0.3 is 5.32 Å². The fourth-order valence-corrected chi connectivity index (χ4v) is 5.94. The summed E-state index contributed by atoms with van der Waals surface area (Å²) in [6.07, 6.45) is 1.74. The van der Waals surface area contributed by atoms with Gasteiger partial charge in [0.2, 0.25) is 10.0 Å². The molecular formula is C26H37N3O3S. The van der Waals surface area contributed by atoms with E-state index in [9.17, 15) is 13.2 Å². The monoisotopic (exact) mass is 471 g/mol. The number of rotatable bonds is 11. The van der Waals surface area contributed by atoms with Gasteiger partial charge in [0.25, 0.3) is 0 Å². The fraction of sp³-hybridized carbons (Fsp3) is 0.500. The van der Waals surface area contributed by atoms with Gasteiger partial charge in [-0.2, -0.15) is 4.31 Å². The smallest absolute Gasteiger partial charge is 0.243 e. The van der Waals surface area contributed by atoms with Crippen LogP contribution in [0.5, 0.6) is 0 Å². The zero-order valence-electron chi connectivity index (χ0n) is 20.0. The van der Waals surface area contributed by atoms with Gasteiger partial charge in [0.15, 0.2) is 5.78 Å². The van der Waals surface area contributed by atoms with Crippen molar-refractivity contribution in [1.82, 2.24) is 14.5 Å². The summed E-state index contributed by atoms with van der Waals surface area (Å²) >= 11 is 0. The number of benzene rings is 2. The molecule has 1 aliphatic rings. The number of carbonyl (C=O) groups excluding carboxylic acids is 1. The summed E-state index contributed by atoms with van der Waals surface area (Å²) in [5.74, 6) is 0.442. The minimum atomic E-state index is -3.58. The van der Waals surface area contributed by atoms with Crippen LogP contribution in [0.3, 0.4) is 0 Å². The standard InChI is InChI=1S/C26H37N3O3S/c1-4-28(5-2)25(22-10-7-6-8-11-22)19-27-20-26(30)23-12-9-13-24(18-23)33(31,32)29-16-14-21(3)15-17-29/h6-13,18,21,25,27H,4-5,14-17,19-20H2,1-3H3. The average Bonchev–Trinajstić information content (AvgIpc) is 2.84. The van der Waals surface area contributed by atoms with E-state index in [1.165, 1.54) is 11.6 Å². The molecule has 0 radical (unpaired) electrons. The average molecular weight is 472 g/mol. The quantitative estimate of drug-likeness (QED) is 0.503. The summed E-state index contributed by atoms with van der Waals surface area (Å²) in [6, 6.07) is 16.9. The lowest BCUT2D eigenvalue weighted by Gasteiger charge is -2.30. The highest BCUT2D eigenvalue weighted by atomic mass is 32.2.